The highest BCUT2D eigenvalue weighted by Crippen LogP contribution is 2.35. The molecule has 2 unspecified atom stereocenters. The molecule has 0 saturated carbocycles. The first-order valence-corrected chi connectivity index (χ1v) is 10.5. The molecule has 2 aliphatic heterocycles. The summed E-state index contributed by atoms with van der Waals surface area (Å²) in [6.07, 6.45) is 2.37. The monoisotopic (exact) mass is 429 g/mol. The average Bonchev–Trinajstić information content (AvgIpc) is 3.27. The SMILES string of the molecule is N#C/C(=C\c1ccc(-c2ccc(F)cc2)o1)C(=O)N1CC2CC(C1)c1cccc(=O)n1C2. The predicted molar refractivity (Wildman–Crippen MR) is 116 cm³/mol. The van der Waals surface area contributed by atoms with Gasteiger partial charge in [-0.05, 0) is 54.8 Å². The lowest BCUT2D eigenvalue weighted by Gasteiger charge is -2.42. The molecule has 0 N–H and O–H groups in total. The van der Waals surface area contributed by atoms with Crippen molar-refractivity contribution in [1.29, 1.82) is 5.26 Å². The minimum absolute atomic E-state index is 0.00423. The van der Waals surface area contributed by atoms with Crippen molar-refractivity contribution in [2.24, 2.45) is 5.92 Å². The van der Waals surface area contributed by atoms with E-state index >= 15 is 0 Å². The molecular formula is C25H20FN3O3. The van der Waals surface area contributed by atoms with Gasteiger partial charge < -0.3 is 13.9 Å². The van der Waals surface area contributed by atoms with Crippen molar-refractivity contribution >= 4 is 12.0 Å². The van der Waals surface area contributed by atoms with Gasteiger partial charge in [-0.3, -0.25) is 9.59 Å². The second-order valence-corrected chi connectivity index (χ2v) is 8.29. The van der Waals surface area contributed by atoms with Gasteiger partial charge in [0.2, 0.25) is 0 Å². The normalized spacial score (nSPS) is 19.9. The van der Waals surface area contributed by atoms with Gasteiger partial charge in [0, 0.05) is 49.0 Å². The summed E-state index contributed by atoms with van der Waals surface area (Å²) in [6.45, 7) is 1.56. The number of benzene rings is 1. The zero-order valence-corrected chi connectivity index (χ0v) is 17.2. The van der Waals surface area contributed by atoms with Crippen LogP contribution in [0.5, 0.6) is 0 Å². The maximum atomic E-state index is 13.1. The molecule has 2 aliphatic rings. The van der Waals surface area contributed by atoms with E-state index in [1.54, 1.807) is 41.3 Å². The summed E-state index contributed by atoms with van der Waals surface area (Å²) >= 11 is 0. The number of fused-ring (bicyclic) bond motifs is 4. The lowest BCUT2D eigenvalue weighted by Crippen LogP contribution is -2.49. The molecule has 0 aliphatic carbocycles. The molecule has 32 heavy (non-hydrogen) atoms. The number of furan rings is 1. The third-order valence-corrected chi connectivity index (χ3v) is 6.16. The fourth-order valence-corrected chi connectivity index (χ4v) is 4.72. The molecule has 1 amide bonds. The first-order chi connectivity index (χ1) is 15.5. The number of hydrogen-bond acceptors (Lipinski definition) is 4. The Labute approximate surface area is 183 Å². The second kappa shape index (κ2) is 7.97. The third-order valence-electron chi connectivity index (χ3n) is 6.16. The number of amides is 1. The van der Waals surface area contributed by atoms with E-state index in [4.69, 9.17) is 4.42 Å². The van der Waals surface area contributed by atoms with E-state index in [-0.39, 0.29) is 34.7 Å². The van der Waals surface area contributed by atoms with E-state index in [1.807, 2.05) is 16.7 Å². The molecule has 7 heteroatoms. The Morgan fingerprint density at radius 2 is 1.91 bits per heavy atom. The van der Waals surface area contributed by atoms with Gasteiger partial charge in [-0.15, -0.1) is 0 Å². The fraction of sp³-hybridized carbons (Fsp3) is 0.240. The van der Waals surface area contributed by atoms with Crippen LogP contribution in [0, 0.1) is 23.1 Å². The standard InChI is InChI=1S/C25H20FN3O3/c26-20-6-4-17(5-7-20)23-9-8-21(32-23)11-18(12-27)25(31)28-13-16-10-19(15-28)22-2-1-3-24(30)29(22)14-16/h1-9,11,16,19H,10,13-15H2/b18-11+. The lowest BCUT2D eigenvalue weighted by atomic mass is 9.83. The van der Waals surface area contributed by atoms with Crippen LogP contribution >= 0.6 is 0 Å². The molecule has 6 nitrogen and oxygen atoms in total. The Hall–Kier alpha value is -3.92. The summed E-state index contributed by atoms with van der Waals surface area (Å²) in [5.41, 5.74) is 1.64. The quantitative estimate of drug-likeness (QED) is 0.469. The van der Waals surface area contributed by atoms with Crippen molar-refractivity contribution in [1.82, 2.24) is 9.47 Å². The predicted octanol–water partition coefficient (Wildman–Crippen LogP) is 3.80. The number of piperidine rings is 1. The van der Waals surface area contributed by atoms with Crippen LogP contribution < -0.4 is 5.56 Å². The van der Waals surface area contributed by atoms with Crippen LogP contribution in [0.4, 0.5) is 4.39 Å². The number of nitrogens with zero attached hydrogens (tertiary/aromatic N) is 3. The van der Waals surface area contributed by atoms with Crippen LogP contribution in [0.15, 0.2) is 69.4 Å². The van der Waals surface area contributed by atoms with Crippen molar-refractivity contribution in [3.8, 4) is 17.4 Å². The molecular weight excluding hydrogens is 409 g/mol. The Morgan fingerprint density at radius 3 is 2.69 bits per heavy atom. The second-order valence-electron chi connectivity index (χ2n) is 8.29. The van der Waals surface area contributed by atoms with Crippen LogP contribution in [-0.2, 0) is 11.3 Å². The van der Waals surface area contributed by atoms with Gasteiger partial charge in [0.25, 0.3) is 11.5 Å². The van der Waals surface area contributed by atoms with Crippen molar-refractivity contribution in [2.45, 2.75) is 18.9 Å². The molecule has 0 radical (unpaired) electrons. The summed E-state index contributed by atoms with van der Waals surface area (Å²) in [4.78, 5) is 27.0. The van der Waals surface area contributed by atoms with Gasteiger partial charge in [-0.1, -0.05) is 6.07 Å². The topological polar surface area (TPSA) is 79.2 Å². The molecule has 5 rings (SSSR count). The van der Waals surface area contributed by atoms with Crippen LogP contribution in [0.3, 0.4) is 0 Å². The molecule has 2 atom stereocenters. The van der Waals surface area contributed by atoms with Gasteiger partial charge in [0.1, 0.15) is 29.0 Å². The maximum Gasteiger partial charge on any atom is 0.264 e. The van der Waals surface area contributed by atoms with Gasteiger partial charge in [-0.2, -0.15) is 5.26 Å². The summed E-state index contributed by atoms with van der Waals surface area (Å²) < 4.78 is 20.7. The number of halogens is 1. The molecule has 0 spiro atoms. The van der Waals surface area contributed by atoms with Crippen molar-refractivity contribution in [2.75, 3.05) is 13.1 Å². The molecule has 3 aromatic rings. The van der Waals surface area contributed by atoms with Crippen molar-refractivity contribution in [3.63, 3.8) is 0 Å². The van der Waals surface area contributed by atoms with E-state index in [1.165, 1.54) is 18.2 Å². The number of hydrogen-bond donors (Lipinski definition) is 0. The lowest BCUT2D eigenvalue weighted by molar-refractivity contribution is -0.129. The summed E-state index contributed by atoms with van der Waals surface area (Å²) in [5, 5.41) is 9.65. The zero-order valence-electron chi connectivity index (χ0n) is 17.2. The molecule has 2 bridgehead atoms. The van der Waals surface area contributed by atoms with Crippen LogP contribution in [0.2, 0.25) is 0 Å². The molecule has 2 aromatic heterocycles. The third kappa shape index (κ3) is 3.65. The number of likely N-dealkylation sites (tertiary alicyclic amines) is 1. The zero-order chi connectivity index (χ0) is 22.2. The highest BCUT2D eigenvalue weighted by Gasteiger charge is 2.37. The summed E-state index contributed by atoms with van der Waals surface area (Å²) in [5.74, 6) is 0.483. The minimum atomic E-state index is -0.339. The molecule has 160 valence electrons. The number of rotatable bonds is 3. The molecule has 1 aromatic carbocycles. The summed E-state index contributed by atoms with van der Waals surface area (Å²) in [6, 6.07) is 16.6. The Morgan fingerprint density at radius 1 is 1.09 bits per heavy atom. The van der Waals surface area contributed by atoms with E-state index in [2.05, 4.69) is 0 Å². The largest absolute Gasteiger partial charge is 0.457 e. The smallest absolute Gasteiger partial charge is 0.264 e. The Bertz CT molecular complexity index is 1310. The number of carbonyl (C=O) groups excluding carboxylic acids is 1. The first-order valence-electron chi connectivity index (χ1n) is 10.5. The highest BCUT2D eigenvalue weighted by atomic mass is 19.1. The Balaban J connectivity index is 1.37. The van der Waals surface area contributed by atoms with Gasteiger partial charge in [0.15, 0.2) is 0 Å². The number of carbonyl (C=O) groups is 1. The molecule has 4 heterocycles. The fourth-order valence-electron chi connectivity index (χ4n) is 4.72. The van der Waals surface area contributed by atoms with Crippen LogP contribution in [0.25, 0.3) is 17.4 Å². The average molecular weight is 429 g/mol. The molecule has 1 fully saturated rings. The van der Waals surface area contributed by atoms with E-state index < -0.39 is 0 Å². The number of pyridine rings is 1. The Kier molecular flexibility index (Phi) is 4.98. The van der Waals surface area contributed by atoms with Gasteiger partial charge in [-0.25, -0.2) is 4.39 Å². The van der Waals surface area contributed by atoms with Crippen molar-refractivity contribution < 1.29 is 13.6 Å². The summed E-state index contributed by atoms with van der Waals surface area (Å²) in [7, 11) is 0. The number of aromatic nitrogens is 1. The molecule has 1 saturated heterocycles. The minimum Gasteiger partial charge on any atom is -0.457 e. The van der Waals surface area contributed by atoms with E-state index in [0.29, 0.717) is 36.7 Å². The van der Waals surface area contributed by atoms with Gasteiger partial charge >= 0.3 is 0 Å². The highest BCUT2D eigenvalue weighted by molar-refractivity contribution is 6.01. The first kappa shape index (κ1) is 20.0. The van der Waals surface area contributed by atoms with Gasteiger partial charge in [0.05, 0.1) is 0 Å². The maximum absolute atomic E-state index is 13.1. The van der Waals surface area contributed by atoms with Crippen LogP contribution in [0.1, 0.15) is 23.8 Å². The van der Waals surface area contributed by atoms with Crippen molar-refractivity contribution in [3.05, 3.63) is 87.8 Å². The van der Waals surface area contributed by atoms with Crippen LogP contribution in [-0.4, -0.2) is 28.5 Å². The van der Waals surface area contributed by atoms with E-state index in [9.17, 15) is 19.2 Å². The number of nitriles is 1. The van der Waals surface area contributed by atoms with E-state index in [0.717, 1.165) is 12.1 Å².